The van der Waals surface area contributed by atoms with Crippen molar-refractivity contribution in [2.45, 2.75) is 19.9 Å². The van der Waals surface area contributed by atoms with Crippen molar-refractivity contribution < 1.29 is 4.52 Å². The third-order valence-electron chi connectivity index (χ3n) is 1.89. The highest BCUT2D eigenvalue weighted by molar-refractivity contribution is 7.09. The van der Waals surface area contributed by atoms with Crippen molar-refractivity contribution in [3.8, 4) is 0 Å². The van der Waals surface area contributed by atoms with E-state index in [-0.39, 0.29) is 0 Å². The fraction of sp³-hybridized carbons (Fsp3) is 0.375. The van der Waals surface area contributed by atoms with Gasteiger partial charge in [0, 0.05) is 24.0 Å². The number of hydrogen-bond donors (Lipinski definition) is 0. The normalized spacial score (nSPS) is 10.6. The summed E-state index contributed by atoms with van der Waals surface area (Å²) in [6.07, 6.45) is 2.37. The Morgan fingerprint density at radius 3 is 3.14 bits per heavy atom. The molecular formula is C8H9N3O2S. The first-order valence-electron chi connectivity index (χ1n) is 4.24. The molecule has 74 valence electrons. The summed E-state index contributed by atoms with van der Waals surface area (Å²) in [6, 6.07) is 0. The van der Waals surface area contributed by atoms with Crippen molar-refractivity contribution in [3.05, 3.63) is 33.0 Å². The molecule has 0 amide bonds. The minimum absolute atomic E-state index is 0.396. The van der Waals surface area contributed by atoms with Crippen LogP contribution in [-0.2, 0) is 13.0 Å². The summed E-state index contributed by atoms with van der Waals surface area (Å²) >= 11 is 1.54. The third kappa shape index (κ3) is 1.60. The van der Waals surface area contributed by atoms with Crippen LogP contribution in [0.25, 0.3) is 0 Å². The molecule has 6 heteroatoms. The maximum atomic E-state index is 11.1. The molecule has 14 heavy (non-hydrogen) atoms. The van der Waals surface area contributed by atoms with Crippen LogP contribution >= 0.6 is 11.3 Å². The van der Waals surface area contributed by atoms with Gasteiger partial charge >= 0.3 is 5.76 Å². The first kappa shape index (κ1) is 9.14. The van der Waals surface area contributed by atoms with E-state index in [1.165, 1.54) is 15.9 Å². The molecule has 0 N–H and O–H groups in total. The van der Waals surface area contributed by atoms with Crippen molar-refractivity contribution in [2.24, 2.45) is 0 Å². The molecule has 0 saturated heterocycles. The summed E-state index contributed by atoms with van der Waals surface area (Å²) < 4.78 is 6.09. The van der Waals surface area contributed by atoms with Crippen LogP contribution in [0.3, 0.4) is 0 Å². The van der Waals surface area contributed by atoms with E-state index in [0.717, 1.165) is 4.88 Å². The average molecular weight is 211 g/mol. The Balaban J connectivity index is 2.29. The third-order valence-corrected chi connectivity index (χ3v) is 2.67. The topological polar surface area (TPSA) is 60.9 Å². The highest BCUT2D eigenvalue weighted by Gasteiger charge is 2.09. The van der Waals surface area contributed by atoms with E-state index < -0.39 is 5.76 Å². The zero-order valence-corrected chi connectivity index (χ0v) is 8.45. The Kier molecular flexibility index (Phi) is 2.45. The molecule has 0 aliphatic carbocycles. The van der Waals surface area contributed by atoms with E-state index in [9.17, 15) is 4.79 Å². The van der Waals surface area contributed by atoms with Crippen molar-refractivity contribution in [1.82, 2.24) is 14.7 Å². The highest BCUT2D eigenvalue weighted by atomic mass is 32.1. The number of thiazole rings is 1. The number of rotatable bonds is 3. The number of hydrogen-bond acceptors (Lipinski definition) is 5. The average Bonchev–Trinajstić information content (AvgIpc) is 2.77. The van der Waals surface area contributed by atoms with Crippen molar-refractivity contribution in [2.75, 3.05) is 0 Å². The van der Waals surface area contributed by atoms with Crippen molar-refractivity contribution >= 4 is 11.3 Å². The summed E-state index contributed by atoms with van der Waals surface area (Å²) in [4.78, 5) is 16.1. The Hall–Kier alpha value is -1.43. The van der Waals surface area contributed by atoms with Gasteiger partial charge in [0.25, 0.3) is 0 Å². The van der Waals surface area contributed by atoms with Gasteiger partial charge in [0.15, 0.2) is 5.82 Å². The molecule has 0 radical (unpaired) electrons. The number of nitrogens with zero attached hydrogens (tertiary/aromatic N) is 3. The van der Waals surface area contributed by atoms with Crippen LogP contribution < -0.4 is 5.76 Å². The van der Waals surface area contributed by atoms with E-state index >= 15 is 0 Å². The second-order valence-electron chi connectivity index (χ2n) is 2.75. The van der Waals surface area contributed by atoms with E-state index in [1.807, 2.05) is 6.92 Å². The van der Waals surface area contributed by atoms with Gasteiger partial charge in [-0.1, -0.05) is 5.16 Å². The zero-order valence-electron chi connectivity index (χ0n) is 7.64. The predicted octanol–water partition coefficient (Wildman–Crippen LogP) is 0.903. The quantitative estimate of drug-likeness (QED) is 0.756. The molecular weight excluding hydrogens is 202 g/mol. The van der Waals surface area contributed by atoms with Gasteiger partial charge in [0.1, 0.15) is 0 Å². The van der Waals surface area contributed by atoms with Crippen LogP contribution in [0.1, 0.15) is 17.6 Å². The van der Waals surface area contributed by atoms with E-state index in [0.29, 0.717) is 18.8 Å². The van der Waals surface area contributed by atoms with Crippen molar-refractivity contribution in [1.29, 1.82) is 0 Å². The maximum Gasteiger partial charge on any atom is 0.441 e. The minimum atomic E-state index is -0.396. The SMILES string of the molecule is CCn1c(Cc2cncs2)noc1=O. The lowest BCUT2D eigenvalue weighted by Gasteiger charge is -1.97. The smallest absolute Gasteiger partial charge is 0.296 e. The lowest BCUT2D eigenvalue weighted by Crippen LogP contribution is -2.15. The Morgan fingerprint density at radius 1 is 1.64 bits per heavy atom. The molecule has 2 aromatic rings. The molecule has 0 saturated carbocycles. The number of aromatic nitrogens is 3. The lowest BCUT2D eigenvalue weighted by molar-refractivity contribution is 0.374. The second kappa shape index (κ2) is 3.75. The molecule has 2 rings (SSSR count). The molecule has 0 unspecified atom stereocenters. The molecule has 0 aliphatic heterocycles. The molecule has 0 aromatic carbocycles. The fourth-order valence-electron chi connectivity index (χ4n) is 1.22. The monoisotopic (exact) mass is 211 g/mol. The predicted molar refractivity (Wildman–Crippen MR) is 51.4 cm³/mol. The summed E-state index contributed by atoms with van der Waals surface area (Å²) in [6.45, 7) is 2.46. The molecule has 0 aliphatic rings. The lowest BCUT2D eigenvalue weighted by atomic mass is 10.3. The van der Waals surface area contributed by atoms with Gasteiger partial charge in [0.05, 0.1) is 5.51 Å². The van der Waals surface area contributed by atoms with E-state index in [1.54, 1.807) is 11.7 Å². The largest absolute Gasteiger partial charge is 0.441 e. The summed E-state index contributed by atoms with van der Waals surface area (Å²) in [5, 5.41) is 3.72. The van der Waals surface area contributed by atoms with Gasteiger partial charge in [-0.05, 0) is 6.92 Å². The summed E-state index contributed by atoms with van der Waals surface area (Å²) in [5.74, 6) is 0.258. The summed E-state index contributed by atoms with van der Waals surface area (Å²) in [5.41, 5.74) is 1.75. The molecule has 0 spiro atoms. The first-order chi connectivity index (χ1) is 6.81. The summed E-state index contributed by atoms with van der Waals surface area (Å²) in [7, 11) is 0. The highest BCUT2D eigenvalue weighted by Crippen LogP contribution is 2.10. The van der Waals surface area contributed by atoms with Gasteiger partial charge in [-0.25, -0.2) is 4.79 Å². The molecule has 2 heterocycles. The Bertz CT molecular complexity index is 457. The first-order valence-corrected chi connectivity index (χ1v) is 5.12. The molecule has 5 nitrogen and oxygen atoms in total. The van der Waals surface area contributed by atoms with Crippen LogP contribution in [0, 0.1) is 0 Å². The van der Waals surface area contributed by atoms with Gasteiger partial charge in [-0.3, -0.25) is 14.1 Å². The van der Waals surface area contributed by atoms with Crippen LogP contribution in [0.15, 0.2) is 21.0 Å². The minimum Gasteiger partial charge on any atom is -0.296 e. The maximum absolute atomic E-state index is 11.1. The molecule has 0 fully saturated rings. The van der Waals surface area contributed by atoms with Gasteiger partial charge in [-0.15, -0.1) is 11.3 Å². The molecule has 2 aromatic heterocycles. The van der Waals surface area contributed by atoms with Crippen LogP contribution in [0.4, 0.5) is 0 Å². The van der Waals surface area contributed by atoms with Crippen molar-refractivity contribution in [3.63, 3.8) is 0 Å². The second-order valence-corrected chi connectivity index (χ2v) is 3.72. The molecule has 0 atom stereocenters. The van der Waals surface area contributed by atoms with E-state index in [2.05, 4.69) is 14.7 Å². The van der Waals surface area contributed by atoms with Gasteiger partial charge in [-0.2, -0.15) is 0 Å². The van der Waals surface area contributed by atoms with Gasteiger partial charge in [0.2, 0.25) is 0 Å². The van der Waals surface area contributed by atoms with Crippen LogP contribution in [0.2, 0.25) is 0 Å². The van der Waals surface area contributed by atoms with Crippen LogP contribution in [-0.4, -0.2) is 14.7 Å². The Labute approximate surface area is 84.0 Å². The molecule has 0 bridgehead atoms. The fourth-order valence-corrected chi connectivity index (χ4v) is 1.81. The van der Waals surface area contributed by atoms with Gasteiger partial charge < -0.3 is 0 Å². The zero-order chi connectivity index (χ0) is 9.97. The van der Waals surface area contributed by atoms with E-state index in [4.69, 9.17) is 0 Å². The van der Waals surface area contributed by atoms with Crippen LogP contribution in [0.5, 0.6) is 0 Å². The standard InChI is InChI=1S/C8H9N3O2S/c1-2-11-7(10-13-8(11)12)3-6-4-9-5-14-6/h4-5H,2-3H2,1H3. The Morgan fingerprint density at radius 2 is 2.50 bits per heavy atom.